The molecular formula is C49H52N10O5S. The molecule has 3 N–H and O–H groups in total. The Hall–Kier alpha value is -6.52. The molecule has 15 nitrogen and oxygen atoms in total. The second-order valence-electron chi connectivity index (χ2n) is 18.4. The Balaban J connectivity index is 0.786. The number of aliphatic hydroxyl groups excluding tert-OH is 1. The van der Waals surface area contributed by atoms with Crippen molar-refractivity contribution >= 4 is 40.1 Å². The van der Waals surface area contributed by atoms with Crippen LogP contribution in [-0.2, 0) is 21.7 Å². The van der Waals surface area contributed by atoms with E-state index in [0.717, 1.165) is 71.5 Å². The number of hydrogen-bond donors (Lipinski definition) is 3. The molecule has 2 saturated heterocycles. The minimum Gasteiger partial charge on any atom is -0.507 e. The van der Waals surface area contributed by atoms with E-state index in [1.165, 1.54) is 10.6 Å². The van der Waals surface area contributed by atoms with Crippen LogP contribution in [0, 0.1) is 12.8 Å². The van der Waals surface area contributed by atoms with Crippen LogP contribution in [0.25, 0.3) is 44.0 Å². The van der Waals surface area contributed by atoms with Gasteiger partial charge in [-0.15, -0.1) is 21.5 Å². The molecule has 5 aromatic heterocycles. The molecule has 7 heterocycles. The van der Waals surface area contributed by atoms with Crippen LogP contribution in [0.15, 0.2) is 89.2 Å². The van der Waals surface area contributed by atoms with Gasteiger partial charge in [-0.05, 0) is 80.8 Å². The number of thiazole rings is 1. The molecule has 334 valence electrons. The largest absolute Gasteiger partial charge is 0.507 e. The topological polar surface area (TPSA) is 189 Å². The van der Waals surface area contributed by atoms with Crippen LogP contribution in [0.3, 0.4) is 0 Å². The first kappa shape index (κ1) is 42.4. The molecule has 7 aromatic rings. The molecule has 10 rings (SSSR count). The summed E-state index contributed by atoms with van der Waals surface area (Å²) < 4.78 is 8.32. The molecule has 3 aliphatic rings. The van der Waals surface area contributed by atoms with Gasteiger partial charge in [0, 0.05) is 79.3 Å². The Kier molecular flexibility index (Phi) is 11.2. The maximum atomic E-state index is 14.3. The average molecular weight is 893 g/mol. The number of phenolic OH excluding ortho intramolecular Hbond substituents is 1. The van der Waals surface area contributed by atoms with Crippen molar-refractivity contribution in [1.82, 2.24) is 45.1 Å². The number of phenols is 1. The monoisotopic (exact) mass is 892 g/mol. The van der Waals surface area contributed by atoms with Gasteiger partial charge < -0.3 is 34.4 Å². The average Bonchev–Trinajstić information content (AvgIpc) is 3.79. The number of benzene rings is 2. The molecule has 1 aliphatic carbocycles. The Morgan fingerprint density at radius 1 is 0.954 bits per heavy atom. The SMILES string of the molecule is Cc1ncsc1-c1ccc(CNC(=O)[C@@H]2C[C@@H](O)CN2C(=O)[C@@H](c2cc(-c3cnc(N4CCC(c5cc6nnc(-c7ccccc7O)cc6n5C5(C)CC5)CC4)nc3)no2)C(C)C)cc1. The fraction of sp³-hybridized carbons (Fsp3) is 0.388. The van der Waals surface area contributed by atoms with Crippen LogP contribution in [0.2, 0.25) is 0 Å². The van der Waals surface area contributed by atoms with Gasteiger partial charge in [0.05, 0.1) is 33.4 Å². The summed E-state index contributed by atoms with van der Waals surface area (Å²) in [6, 6.07) is 20.4. The summed E-state index contributed by atoms with van der Waals surface area (Å²) in [7, 11) is 0. The number of likely N-dealkylation sites (tertiary alicyclic amines) is 1. The molecule has 16 heteroatoms. The summed E-state index contributed by atoms with van der Waals surface area (Å²) >= 11 is 1.59. The molecule has 65 heavy (non-hydrogen) atoms. The van der Waals surface area contributed by atoms with Gasteiger partial charge in [-0.3, -0.25) is 9.59 Å². The predicted octanol–water partition coefficient (Wildman–Crippen LogP) is 7.59. The molecule has 2 amide bonds. The number of aryl methyl sites for hydroxylation is 1. The summed E-state index contributed by atoms with van der Waals surface area (Å²) in [4.78, 5) is 46.5. The van der Waals surface area contributed by atoms with Gasteiger partial charge in [-0.2, -0.15) is 0 Å². The number of anilines is 1. The van der Waals surface area contributed by atoms with Crippen molar-refractivity contribution in [2.45, 2.75) is 95.9 Å². The molecule has 2 aliphatic heterocycles. The molecular weight excluding hydrogens is 841 g/mol. The van der Waals surface area contributed by atoms with Crippen LogP contribution in [-0.4, -0.2) is 93.6 Å². The summed E-state index contributed by atoms with van der Waals surface area (Å²) in [6.45, 7) is 10.1. The quantitative estimate of drug-likeness (QED) is 0.109. The van der Waals surface area contributed by atoms with E-state index < -0.39 is 18.1 Å². The summed E-state index contributed by atoms with van der Waals surface area (Å²) in [6.07, 6.45) is 6.85. The van der Waals surface area contributed by atoms with E-state index in [1.807, 2.05) is 62.7 Å². The number of carbonyl (C=O) groups excluding carboxylic acids is 2. The number of fused-ring (bicyclic) bond motifs is 1. The highest BCUT2D eigenvalue weighted by Gasteiger charge is 2.44. The van der Waals surface area contributed by atoms with E-state index in [2.05, 4.69) is 54.2 Å². The van der Waals surface area contributed by atoms with Gasteiger partial charge >= 0.3 is 0 Å². The highest BCUT2D eigenvalue weighted by atomic mass is 32.1. The number of para-hydroxylation sites is 1. The Bertz CT molecular complexity index is 2860. The Morgan fingerprint density at radius 3 is 2.40 bits per heavy atom. The fourth-order valence-corrected chi connectivity index (χ4v) is 10.4. The first-order valence-corrected chi connectivity index (χ1v) is 23.3. The number of nitrogens with one attached hydrogen (secondary N) is 1. The number of β-amino-alcohol motifs (C(OH)–C–C–N with tert-alkyl or cyclic N) is 1. The van der Waals surface area contributed by atoms with Crippen molar-refractivity contribution in [1.29, 1.82) is 0 Å². The minimum absolute atomic E-state index is 0.0300. The van der Waals surface area contributed by atoms with Crippen LogP contribution in [0.4, 0.5) is 5.95 Å². The number of carbonyl (C=O) groups is 2. The van der Waals surface area contributed by atoms with E-state index in [9.17, 15) is 19.8 Å². The number of piperidine rings is 1. The molecule has 1 saturated carbocycles. The van der Waals surface area contributed by atoms with Gasteiger partial charge in [0.15, 0.2) is 0 Å². The number of aromatic hydroxyl groups is 1. The van der Waals surface area contributed by atoms with Crippen molar-refractivity contribution in [3.63, 3.8) is 0 Å². The van der Waals surface area contributed by atoms with Gasteiger partial charge in [-0.1, -0.05) is 55.4 Å². The van der Waals surface area contributed by atoms with Crippen LogP contribution in [0.5, 0.6) is 5.75 Å². The third-order valence-corrected chi connectivity index (χ3v) is 14.4. The molecule has 0 spiro atoms. The highest BCUT2D eigenvalue weighted by Crippen LogP contribution is 2.49. The third kappa shape index (κ3) is 8.25. The second-order valence-corrected chi connectivity index (χ2v) is 19.2. The number of aliphatic hydroxyl groups is 1. The number of amides is 2. The first-order chi connectivity index (χ1) is 31.4. The van der Waals surface area contributed by atoms with Crippen molar-refractivity contribution in [2.75, 3.05) is 24.5 Å². The van der Waals surface area contributed by atoms with Gasteiger partial charge in [0.25, 0.3) is 0 Å². The lowest BCUT2D eigenvalue weighted by Gasteiger charge is -2.33. The molecule has 0 bridgehead atoms. The number of nitrogens with zero attached hydrogens (tertiary/aromatic N) is 9. The number of hydrogen-bond acceptors (Lipinski definition) is 13. The number of rotatable bonds is 12. The first-order valence-electron chi connectivity index (χ1n) is 22.4. The van der Waals surface area contributed by atoms with E-state index in [-0.39, 0.29) is 42.0 Å². The van der Waals surface area contributed by atoms with Crippen LogP contribution >= 0.6 is 11.3 Å². The zero-order valence-electron chi connectivity index (χ0n) is 36.9. The van der Waals surface area contributed by atoms with Gasteiger partial charge in [0.1, 0.15) is 34.7 Å². The van der Waals surface area contributed by atoms with Crippen molar-refractivity contribution < 1.29 is 24.3 Å². The fourth-order valence-electron chi connectivity index (χ4n) is 9.59. The van der Waals surface area contributed by atoms with Crippen LogP contribution in [0.1, 0.15) is 87.4 Å². The summed E-state index contributed by atoms with van der Waals surface area (Å²) in [5.41, 5.74) is 10.5. The second kappa shape index (κ2) is 17.1. The summed E-state index contributed by atoms with van der Waals surface area (Å²) in [5, 5.41) is 37.7. The lowest BCUT2D eigenvalue weighted by molar-refractivity contribution is -0.141. The van der Waals surface area contributed by atoms with Gasteiger partial charge in [0.2, 0.25) is 17.8 Å². The zero-order chi connectivity index (χ0) is 45.0. The zero-order valence-corrected chi connectivity index (χ0v) is 37.7. The molecule has 2 aromatic carbocycles. The Morgan fingerprint density at radius 2 is 1.71 bits per heavy atom. The predicted molar refractivity (Wildman–Crippen MR) is 247 cm³/mol. The normalized spacial score (nSPS) is 19.0. The third-order valence-electron chi connectivity index (χ3n) is 13.5. The van der Waals surface area contributed by atoms with Crippen LogP contribution < -0.4 is 10.2 Å². The Labute approximate surface area is 380 Å². The lowest BCUT2D eigenvalue weighted by Crippen LogP contribution is -2.48. The standard InChI is InChI=1S/C49H52N10O5S/c1-28(2)44(47(63)58-26-34(60)19-41(58)46(62)50-23-30-9-11-32(12-10-30)45-29(3)53-27-65-45)43-22-36(56-64-43)33-24-51-48(52-25-33)57-17-13-31(14-18-57)39-21-38-40(59(39)49(4)15-16-49)20-37(54-55-38)35-7-5-6-8-42(35)61/h5-12,20-22,24-25,27-28,31,34,41,44,60-61H,13-19,23,26H2,1-4H3,(H,50,62)/t34-,41+,44-/m1/s1. The summed E-state index contributed by atoms with van der Waals surface area (Å²) in [5.74, 6) is 0.00234. The molecule has 3 atom stereocenters. The number of aromatic nitrogens is 7. The van der Waals surface area contributed by atoms with Crippen molar-refractivity contribution in [3.05, 3.63) is 107 Å². The molecule has 0 unspecified atom stereocenters. The highest BCUT2D eigenvalue weighted by molar-refractivity contribution is 7.13. The van der Waals surface area contributed by atoms with E-state index in [0.29, 0.717) is 46.7 Å². The van der Waals surface area contributed by atoms with Crippen molar-refractivity contribution in [3.8, 4) is 38.7 Å². The maximum Gasteiger partial charge on any atom is 0.243 e. The van der Waals surface area contributed by atoms with Gasteiger partial charge in [-0.25, -0.2) is 15.0 Å². The lowest BCUT2D eigenvalue weighted by atomic mass is 9.91. The molecule has 0 radical (unpaired) electrons. The van der Waals surface area contributed by atoms with E-state index in [1.54, 1.807) is 41.9 Å². The van der Waals surface area contributed by atoms with Crippen molar-refractivity contribution in [2.24, 2.45) is 5.92 Å². The molecule has 3 fully saturated rings. The van der Waals surface area contributed by atoms with E-state index >= 15 is 0 Å². The minimum atomic E-state index is -0.825. The smallest absolute Gasteiger partial charge is 0.243 e. The van der Waals surface area contributed by atoms with E-state index in [4.69, 9.17) is 14.5 Å². The maximum absolute atomic E-state index is 14.3.